The number of esters is 1. The molecule has 0 unspecified atom stereocenters. The first-order chi connectivity index (χ1) is 15.1. The van der Waals surface area contributed by atoms with Crippen LogP contribution in [0.15, 0.2) is 54.6 Å². The second-order valence-corrected chi connectivity index (χ2v) is 7.67. The van der Waals surface area contributed by atoms with E-state index in [1.54, 1.807) is 36.3 Å². The van der Waals surface area contributed by atoms with Crippen molar-refractivity contribution in [3.8, 4) is 5.75 Å². The number of carbonyl (C=O) groups excluding carboxylic acids is 3. The maximum absolute atomic E-state index is 13.1. The van der Waals surface area contributed by atoms with Gasteiger partial charge in [-0.25, -0.2) is 0 Å². The van der Waals surface area contributed by atoms with Crippen molar-refractivity contribution in [1.29, 1.82) is 0 Å². The highest BCUT2D eigenvalue weighted by atomic mass is 16.5. The highest BCUT2D eigenvalue weighted by Crippen LogP contribution is 2.41. The zero-order chi connectivity index (χ0) is 22.2. The Hall–Kier alpha value is -3.15. The summed E-state index contributed by atoms with van der Waals surface area (Å²) in [5, 5.41) is 0. The summed E-state index contributed by atoms with van der Waals surface area (Å²) in [4.78, 5) is 40.0. The molecule has 3 rings (SSSR count). The molecule has 1 heterocycles. The van der Waals surface area contributed by atoms with E-state index in [9.17, 15) is 14.4 Å². The van der Waals surface area contributed by atoms with E-state index in [1.807, 2.05) is 30.3 Å². The topological polar surface area (TPSA) is 72.9 Å². The monoisotopic (exact) mass is 423 g/mol. The lowest BCUT2D eigenvalue weighted by Gasteiger charge is -2.40. The van der Waals surface area contributed by atoms with Gasteiger partial charge >= 0.3 is 5.97 Å². The maximum Gasteiger partial charge on any atom is 0.311 e. The summed E-state index contributed by atoms with van der Waals surface area (Å²) >= 11 is 0. The number of Topliss-reactive ketones (excluding diaryl/α,β-unsaturated/α-hetero) is 1. The molecular formula is C25H29NO5. The van der Waals surface area contributed by atoms with Gasteiger partial charge < -0.3 is 14.4 Å². The van der Waals surface area contributed by atoms with E-state index in [2.05, 4.69) is 6.92 Å². The molecule has 31 heavy (non-hydrogen) atoms. The molecule has 0 aliphatic carbocycles. The van der Waals surface area contributed by atoms with Gasteiger partial charge in [-0.05, 0) is 18.9 Å². The van der Waals surface area contributed by atoms with Crippen LogP contribution in [-0.2, 0) is 14.3 Å². The van der Waals surface area contributed by atoms with Crippen LogP contribution < -0.4 is 4.74 Å². The van der Waals surface area contributed by atoms with Gasteiger partial charge in [-0.2, -0.15) is 0 Å². The van der Waals surface area contributed by atoms with Crippen molar-refractivity contribution < 1.29 is 23.9 Å². The molecule has 1 amide bonds. The van der Waals surface area contributed by atoms with Crippen LogP contribution in [0, 0.1) is 5.92 Å². The van der Waals surface area contributed by atoms with Crippen molar-refractivity contribution in [2.45, 2.75) is 38.6 Å². The van der Waals surface area contributed by atoms with Crippen molar-refractivity contribution in [3.63, 3.8) is 0 Å². The fourth-order valence-corrected chi connectivity index (χ4v) is 4.04. The third-order valence-corrected chi connectivity index (χ3v) is 5.66. The van der Waals surface area contributed by atoms with Gasteiger partial charge in [0.25, 0.3) is 0 Å². The van der Waals surface area contributed by atoms with Crippen LogP contribution in [0.2, 0.25) is 0 Å². The quantitative estimate of drug-likeness (QED) is 0.446. The predicted octanol–water partition coefficient (Wildman–Crippen LogP) is 4.20. The first-order valence-electron chi connectivity index (χ1n) is 10.7. The third-order valence-electron chi connectivity index (χ3n) is 5.66. The summed E-state index contributed by atoms with van der Waals surface area (Å²) in [5.74, 6) is -0.628. The van der Waals surface area contributed by atoms with Gasteiger partial charge in [0.05, 0.1) is 19.1 Å². The fourth-order valence-electron chi connectivity index (χ4n) is 4.04. The number of amides is 1. The maximum atomic E-state index is 13.1. The average Bonchev–Trinajstić information content (AvgIpc) is 2.81. The number of unbranched alkanes of at least 4 members (excludes halogenated alkanes) is 1. The molecule has 164 valence electrons. The lowest BCUT2D eigenvalue weighted by Crippen LogP contribution is -2.46. The molecule has 0 radical (unpaired) electrons. The molecule has 0 bridgehead atoms. The molecule has 0 saturated carbocycles. The molecule has 1 saturated heterocycles. The van der Waals surface area contributed by atoms with Crippen LogP contribution in [0.1, 0.15) is 54.6 Å². The third kappa shape index (κ3) is 5.32. The summed E-state index contributed by atoms with van der Waals surface area (Å²) in [6.07, 6.45) is 2.43. The SMILES string of the molecule is CCCCN1C(=O)CC[C@H](C(=O)OCC(=O)c2ccccc2)[C@@H]1c1ccccc1OC. The standard InChI is InChI=1S/C25H29NO5/c1-3-4-16-26-23(28)15-14-20(24(26)19-12-8-9-13-22(19)30-2)25(29)31-17-21(27)18-10-6-5-7-11-18/h5-13,20,24H,3-4,14-17H2,1-2H3/t20-,24-/m0/s1. The van der Waals surface area contributed by atoms with Gasteiger partial charge in [0.15, 0.2) is 12.4 Å². The Morgan fingerprint density at radius 3 is 2.48 bits per heavy atom. The predicted molar refractivity (Wildman–Crippen MR) is 117 cm³/mol. The Balaban J connectivity index is 1.84. The number of likely N-dealkylation sites (tertiary alicyclic amines) is 1. The van der Waals surface area contributed by atoms with Crippen molar-refractivity contribution in [1.82, 2.24) is 4.90 Å². The van der Waals surface area contributed by atoms with E-state index in [0.717, 1.165) is 18.4 Å². The molecule has 6 nitrogen and oxygen atoms in total. The molecule has 1 fully saturated rings. The van der Waals surface area contributed by atoms with E-state index in [4.69, 9.17) is 9.47 Å². The van der Waals surface area contributed by atoms with Gasteiger partial charge in [0.2, 0.25) is 5.91 Å². The molecule has 0 aromatic heterocycles. The molecular weight excluding hydrogens is 394 g/mol. The van der Waals surface area contributed by atoms with E-state index in [1.165, 1.54) is 0 Å². The van der Waals surface area contributed by atoms with Gasteiger partial charge in [-0.3, -0.25) is 14.4 Å². The molecule has 0 N–H and O–H groups in total. The number of rotatable bonds is 9. The zero-order valence-corrected chi connectivity index (χ0v) is 18.1. The minimum atomic E-state index is -0.561. The summed E-state index contributed by atoms with van der Waals surface area (Å²) < 4.78 is 11.0. The van der Waals surface area contributed by atoms with Gasteiger partial charge in [-0.15, -0.1) is 0 Å². The Labute approximate surface area is 183 Å². The zero-order valence-electron chi connectivity index (χ0n) is 18.1. The summed E-state index contributed by atoms with van der Waals surface area (Å²) in [6, 6.07) is 15.7. The molecule has 2 aromatic rings. The number of hydrogen-bond donors (Lipinski definition) is 0. The number of benzene rings is 2. The minimum Gasteiger partial charge on any atom is -0.496 e. The summed E-state index contributed by atoms with van der Waals surface area (Å²) in [5.41, 5.74) is 1.28. The Morgan fingerprint density at radius 1 is 1.06 bits per heavy atom. The van der Waals surface area contributed by atoms with Crippen molar-refractivity contribution in [2.24, 2.45) is 5.92 Å². The Bertz CT molecular complexity index is 911. The number of ketones is 1. The number of carbonyl (C=O) groups is 3. The lowest BCUT2D eigenvalue weighted by molar-refractivity contribution is -0.156. The van der Waals surface area contributed by atoms with Gasteiger partial charge in [-0.1, -0.05) is 61.9 Å². The number of para-hydroxylation sites is 1. The second-order valence-electron chi connectivity index (χ2n) is 7.67. The van der Waals surface area contributed by atoms with Crippen molar-refractivity contribution in [2.75, 3.05) is 20.3 Å². The van der Waals surface area contributed by atoms with E-state index in [0.29, 0.717) is 24.3 Å². The van der Waals surface area contributed by atoms with Crippen molar-refractivity contribution >= 4 is 17.7 Å². The van der Waals surface area contributed by atoms with E-state index >= 15 is 0 Å². The average molecular weight is 424 g/mol. The normalized spacial score (nSPS) is 18.5. The molecule has 2 aromatic carbocycles. The number of hydrogen-bond acceptors (Lipinski definition) is 5. The van der Waals surface area contributed by atoms with Gasteiger partial charge in [0, 0.05) is 24.1 Å². The highest BCUT2D eigenvalue weighted by molar-refractivity contribution is 5.98. The summed E-state index contributed by atoms with van der Waals surface area (Å²) in [6.45, 7) is 2.30. The molecule has 6 heteroatoms. The molecule has 1 aliphatic heterocycles. The van der Waals surface area contributed by atoms with Crippen LogP contribution in [0.4, 0.5) is 0 Å². The Kier molecular flexibility index (Phi) is 7.82. The largest absolute Gasteiger partial charge is 0.496 e. The molecule has 0 spiro atoms. The first kappa shape index (κ1) is 22.5. The highest BCUT2D eigenvalue weighted by Gasteiger charge is 2.42. The fraction of sp³-hybridized carbons (Fsp3) is 0.400. The summed E-state index contributed by atoms with van der Waals surface area (Å²) in [7, 11) is 1.58. The van der Waals surface area contributed by atoms with Crippen molar-refractivity contribution in [3.05, 3.63) is 65.7 Å². The molecule has 1 aliphatic rings. The van der Waals surface area contributed by atoms with Crippen LogP contribution >= 0.6 is 0 Å². The van der Waals surface area contributed by atoms with Crippen LogP contribution in [0.25, 0.3) is 0 Å². The number of ether oxygens (including phenoxy) is 2. The number of nitrogens with zero attached hydrogens (tertiary/aromatic N) is 1. The smallest absolute Gasteiger partial charge is 0.311 e. The van der Waals surface area contributed by atoms with E-state index in [-0.39, 0.29) is 24.7 Å². The van der Waals surface area contributed by atoms with E-state index < -0.39 is 17.9 Å². The minimum absolute atomic E-state index is 0.0220. The number of piperidine rings is 1. The van der Waals surface area contributed by atoms with Crippen LogP contribution in [0.3, 0.4) is 0 Å². The van der Waals surface area contributed by atoms with Gasteiger partial charge in [0.1, 0.15) is 5.75 Å². The molecule has 2 atom stereocenters. The van der Waals surface area contributed by atoms with Crippen LogP contribution in [-0.4, -0.2) is 42.8 Å². The second kappa shape index (κ2) is 10.8. The van der Waals surface area contributed by atoms with Crippen LogP contribution in [0.5, 0.6) is 5.75 Å². The number of methoxy groups -OCH3 is 1. The lowest BCUT2D eigenvalue weighted by atomic mass is 9.83. The Morgan fingerprint density at radius 2 is 1.77 bits per heavy atom. The first-order valence-corrected chi connectivity index (χ1v) is 10.7.